The third-order valence-corrected chi connectivity index (χ3v) is 4.37. The number of hydrogen-bond donors (Lipinski definition) is 1. The summed E-state index contributed by atoms with van der Waals surface area (Å²) >= 11 is 0. The average molecular weight is 328 g/mol. The van der Waals surface area contributed by atoms with Gasteiger partial charge in [0.1, 0.15) is 6.07 Å². The number of hydrogen-bond acceptors (Lipinski definition) is 2. The van der Waals surface area contributed by atoms with Gasteiger partial charge in [0.2, 0.25) is 5.56 Å². The summed E-state index contributed by atoms with van der Waals surface area (Å²) in [5.41, 5.74) is 5.71. The van der Waals surface area contributed by atoms with Crippen molar-refractivity contribution in [3.63, 3.8) is 0 Å². The highest BCUT2D eigenvalue weighted by molar-refractivity contribution is 5.76. The van der Waals surface area contributed by atoms with Crippen LogP contribution in [0, 0.1) is 31.8 Å². The lowest BCUT2D eigenvalue weighted by molar-refractivity contribution is 0.745. The molecule has 0 bridgehead atoms. The van der Waals surface area contributed by atoms with E-state index in [2.05, 4.69) is 20.5 Å². The lowest BCUT2D eigenvalue weighted by atomic mass is 10.0. The monoisotopic (exact) mass is 328 g/mol. The highest BCUT2D eigenvalue weighted by atomic mass is 16.1. The molecule has 0 spiro atoms. The van der Waals surface area contributed by atoms with Crippen LogP contribution in [-0.2, 0) is 6.54 Å². The molecule has 0 atom stereocenters. The molecule has 0 unspecified atom stereocenters. The second kappa shape index (κ2) is 6.51. The van der Waals surface area contributed by atoms with Crippen molar-refractivity contribution >= 4 is 5.69 Å². The van der Waals surface area contributed by atoms with Gasteiger partial charge in [0.05, 0.1) is 12.1 Å². The second-order valence-corrected chi connectivity index (χ2v) is 5.84. The van der Waals surface area contributed by atoms with Gasteiger partial charge in [-0.15, -0.1) is 0 Å². The molecule has 2 aromatic heterocycles. The number of nitrogens with zero attached hydrogens (tertiary/aromatic N) is 3. The Hall–Kier alpha value is -3.57. The molecule has 0 saturated heterocycles. The molecule has 0 aliphatic rings. The summed E-state index contributed by atoms with van der Waals surface area (Å²) in [6.45, 7) is 11.5. The zero-order chi connectivity index (χ0) is 18.0. The first-order chi connectivity index (χ1) is 12.0. The molecule has 3 rings (SSSR count). The van der Waals surface area contributed by atoms with E-state index in [1.807, 2.05) is 26.0 Å². The molecule has 0 saturated carbocycles. The van der Waals surface area contributed by atoms with Crippen molar-refractivity contribution in [1.29, 1.82) is 5.26 Å². The van der Waals surface area contributed by atoms with Crippen molar-refractivity contribution in [2.24, 2.45) is 0 Å². The van der Waals surface area contributed by atoms with E-state index in [9.17, 15) is 10.1 Å². The van der Waals surface area contributed by atoms with Crippen LogP contribution in [0.3, 0.4) is 0 Å². The Labute approximate surface area is 145 Å². The summed E-state index contributed by atoms with van der Waals surface area (Å²) in [5, 5.41) is 9.64. The molecule has 2 heterocycles. The maximum atomic E-state index is 11.2. The molecular weight excluding hydrogens is 312 g/mol. The number of H-pyrrole nitrogens is 1. The molecule has 0 fully saturated rings. The van der Waals surface area contributed by atoms with Crippen LogP contribution in [0.5, 0.6) is 0 Å². The fraction of sp³-hybridized carbons (Fsp3) is 0.150. The Balaban J connectivity index is 2.11. The van der Waals surface area contributed by atoms with Crippen LogP contribution in [0.15, 0.2) is 47.4 Å². The zero-order valence-corrected chi connectivity index (χ0v) is 14.0. The van der Waals surface area contributed by atoms with Crippen molar-refractivity contribution in [3.8, 4) is 17.2 Å². The highest BCUT2D eigenvalue weighted by Gasteiger charge is 2.19. The van der Waals surface area contributed by atoms with E-state index < -0.39 is 0 Å². The van der Waals surface area contributed by atoms with Gasteiger partial charge in [0, 0.05) is 35.8 Å². The van der Waals surface area contributed by atoms with E-state index in [0.29, 0.717) is 17.8 Å². The quantitative estimate of drug-likeness (QED) is 0.740. The van der Waals surface area contributed by atoms with Gasteiger partial charge in [0.25, 0.3) is 0 Å². The molecule has 5 heteroatoms. The number of aromatic amines is 1. The van der Waals surface area contributed by atoms with Crippen molar-refractivity contribution in [2.75, 3.05) is 0 Å². The Morgan fingerprint density at radius 2 is 1.88 bits per heavy atom. The number of rotatable bonds is 3. The lowest BCUT2D eigenvalue weighted by Crippen LogP contribution is -2.08. The fourth-order valence-corrected chi connectivity index (χ4v) is 3.04. The van der Waals surface area contributed by atoms with Gasteiger partial charge >= 0.3 is 0 Å². The van der Waals surface area contributed by atoms with Gasteiger partial charge in [-0.2, -0.15) is 5.26 Å². The van der Waals surface area contributed by atoms with Crippen molar-refractivity contribution in [2.45, 2.75) is 20.4 Å². The largest absolute Gasteiger partial charge is 0.343 e. The van der Waals surface area contributed by atoms with Crippen LogP contribution >= 0.6 is 0 Å². The summed E-state index contributed by atoms with van der Waals surface area (Å²) in [6, 6.07) is 12.9. The van der Waals surface area contributed by atoms with Crippen LogP contribution in [0.1, 0.15) is 22.5 Å². The van der Waals surface area contributed by atoms with Gasteiger partial charge in [0.15, 0.2) is 5.69 Å². The van der Waals surface area contributed by atoms with E-state index in [1.165, 1.54) is 6.07 Å². The minimum atomic E-state index is -0.136. The Kier molecular flexibility index (Phi) is 4.24. The van der Waals surface area contributed by atoms with Crippen LogP contribution < -0.4 is 5.56 Å². The van der Waals surface area contributed by atoms with Gasteiger partial charge in [-0.05, 0) is 25.0 Å². The summed E-state index contributed by atoms with van der Waals surface area (Å²) in [7, 11) is 0. The third kappa shape index (κ3) is 2.96. The number of nitriles is 1. The normalized spacial score (nSPS) is 10.2. The first kappa shape index (κ1) is 16.3. The molecule has 5 nitrogen and oxygen atoms in total. The predicted molar refractivity (Wildman–Crippen MR) is 96.5 cm³/mol. The summed E-state index contributed by atoms with van der Waals surface area (Å²) in [4.78, 5) is 17.3. The summed E-state index contributed by atoms with van der Waals surface area (Å²) in [5.74, 6) is 0. The van der Waals surface area contributed by atoms with Gasteiger partial charge < -0.3 is 9.55 Å². The van der Waals surface area contributed by atoms with E-state index >= 15 is 0 Å². The predicted octanol–water partition coefficient (Wildman–Crippen LogP) is 3.93. The maximum Gasteiger partial charge on any atom is 0.247 e. The van der Waals surface area contributed by atoms with Crippen molar-refractivity contribution < 1.29 is 0 Å². The van der Waals surface area contributed by atoms with Crippen LogP contribution in [0.2, 0.25) is 0 Å². The fourth-order valence-electron chi connectivity index (χ4n) is 3.04. The number of pyridine rings is 1. The topological polar surface area (TPSA) is 65.9 Å². The Morgan fingerprint density at radius 1 is 1.16 bits per heavy atom. The Morgan fingerprint density at radius 3 is 2.44 bits per heavy atom. The molecule has 1 N–H and O–H groups in total. The van der Waals surface area contributed by atoms with Crippen molar-refractivity contribution in [3.05, 3.63) is 86.9 Å². The second-order valence-electron chi connectivity index (χ2n) is 5.84. The molecule has 122 valence electrons. The van der Waals surface area contributed by atoms with E-state index in [0.717, 1.165) is 28.1 Å². The summed E-state index contributed by atoms with van der Waals surface area (Å²) in [6.07, 6.45) is 1.69. The molecular formula is C20H16N4O. The van der Waals surface area contributed by atoms with Gasteiger partial charge in [-0.1, -0.05) is 30.3 Å². The average Bonchev–Trinajstić information content (AvgIpc) is 2.87. The lowest BCUT2D eigenvalue weighted by Gasteiger charge is -2.10. The number of nitrogens with one attached hydrogen (secondary N) is 1. The standard InChI is InChI=1S/C20H16N4O/c1-13-18(10-21)20(16-5-7-17(22-3)8-6-16)14(2)24(13)12-15-4-9-19(25)23-11-15/h4-9,11H,12H2,1-2H3,(H,23,25). The van der Waals surface area contributed by atoms with Gasteiger partial charge in [-0.3, -0.25) is 4.79 Å². The first-order valence-corrected chi connectivity index (χ1v) is 7.80. The first-order valence-electron chi connectivity index (χ1n) is 7.80. The third-order valence-electron chi connectivity index (χ3n) is 4.37. The molecule has 25 heavy (non-hydrogen) atoms. The molecule has 0 amide bonds. The van der Waals surface area contributed by atoms with Crippen molar-refractivity contribution in [1.82, 2.24) is 9.55 Å². The molecule has 3 aromatic rings. The maximum absolute atomic E-state index is 11.2. The van der Waals surface area contributed by atoms with E-state index in [4.69, 9.17) is 6.57 Å². The van der Waals surface area contributed by atoms with Crippen LogP contribution in [0.25, 0.3) is 16.0 Å². The molecule has 0 radical (unpaired) electrons. The highest BCUT2D eigenvalue weighted by Crippen LogP contribution is 2.33. The van der Waals surface area contributed by atoms with Crippen LogP contribution in [-0.4, -0.2) is 9.55 Å². The number of benzene rings is 1. The minimum Gasteiger partial charge on any atom is -0.343 e. The number of aromatic nitrogens is 2. The molecule has 0 aliphatic heterocycles. The molecule has 1 aromatic carbocycles. The SMILES string of the molecule is [C-]#[N+]c1ccc(-c2c(C#N)c(C)n(Cc3ccc(=O)[nH]c3)c2C)cc1. The van der Waals surface area contributed by atoms with E-state index in [1.54, 1.807) is 24.4 Å². The smallest absolute Gasteiger partial charge is 0.247 e. The van der Waals surface area contributed by atoms with Crippen LogP contribution in [0.4, 0.5) is 5.69 Å². The molecule has 0 aliphatic carbocycles. The van der Waals surface area contributed by atoms with E-state index in [-0.39, 0.29) is 5.56 Å². The Bertz CT molecular complexity index is 1050. The van der Waals surface area contributed by atoms with Gasteiger partial charge in [-0.25, -0.2) is 4.85 Å². The zero-order valence-electron chi connectivity index (χ0n) is 14.0. The minimum absolute atomic E-state index is 0.136. The summed E-state index contributed by atoms with van der Waals surface area (Å²) < 4.78 is 2.07.